The van der Waals surface area contributed by atoms with Crippen molar-refractivity contribution in [3.8, 4) is 0 Å². The van der Waals surface area contributed by atoms with Crippen LogP contribution in [0.15, 0.2) is 40.8 Å². The maximum Gasteiger partial charge on any atom is 0.373 e. The largest absolute Gasteiger partial charge is 0.463 e. The van der Waals surface area contributed by atoms with E-state index in [2.05, 4.69) is 10.1 Å². The molecule has 1 aromatic heterocycles. The number of rotatable bonds is 4. The van der Waals surface area contributed by atoms with Crippen molar-refractivity contribution in [1.82, 2.24) is 5.32 Å². The molecule has 2 rings (SSSR count). The minimum atomic E-state index is -0.500. The first-order valence-corrected chi connectivity index (χ1v) is 6.15. The highest BCUT2D eigenvalue weighted by Gasteiger charge is 2.20. The number of methoxy groups -OCH3 is 1. The van der Waals surface area contributed by atoms with Crippen LogP contribution in [-0.2, 0) is 4.74 Å². The predicted octanol–water partition coefficient (Wildman–Crippen LogP) is 3.03. The summed E-state index contributed by atoms with van der Waals surface area (Å²) < 4.78 is 10.1. The van der Waals surface area contributed by atoms with E-state index in [4.69, 9.17) is 16.0 Å². The van der Waals surface area contributed by atoms with Crippen LogP contribution < -0.4 is 5.32 Å². The van der Waals surface area contributed by atoms with E-state index in [-0.39, 0.29) is 11.8 Å². The SMILES string of the molecule is CNC(c1ccc(C(=O)OC)o1)c1ccccc1Cl. The zero-order valence-electron chi connectivity index (χ0n) is 10.6. The zero-order chi connectivity index (χ0) is 13.8. The number of ether oxygens (including phenoxy) is 1. The van der Waals surface area contributed by atoms with Crippen molar-refractivity contribution in [3.05, 3.63) is 58.5 Å². The number of carbonyl (C=O) groups is 1. The number of carbonyl (C=O) groups excluding carboxylic acids is 1. The van der Waals surface area contributed by atoms with Gasteiger partial charge >= 0.3 is 5.97 Å². The fourth-order valence-corrected chi connectivity index (χ4v) is 2.12. The summed E-state index contributed by atoms with van der Waals surface area (Å²) in [5.41, 5.74) is 0.887. The molecule has 0 amide bonds. The Hall–Kier alpha value is -1.78. The first kappa shape index (κ1) is 13.6. The Bertz CT molecular complexity index is 580. The van der Waals surface area contributed by atoms with Gasteiger partial charge in [-0.2, -0.15) is 0 Å². The molecule has 4 nitrogen and oxygen atoms in total. The fourth-order valence-electron chi connectivity index (χ4n) is 1.88. The Labute approximate surface area is 116 Å². The molecule has 0 saturated heterocycles. The molecule has 0 spiro atoms. The fraction of sp³-hybridized carbons (Fsp3) is 0.214. The molecule has 1 N–H and O–H groups in total. The van der Waals surface area contributed by atoms with Crippen molar-refractivity contribution < 1.29 is 13.9 Å². The van der Waals surface area contributed by atoms with Crippen LogP contribution in [0.25, 0.3) is 0 Å². The Balaban J connectivity index is 2.35. The topological polar surface area (TPSA) is 51.5 Å². The molecule has 1 heterocycles. The van der Waals surface area contributed by atoms with Gasteiger partial charge in [-0.05, 0) is 30.8 Å². The Morgan fingerprint density at radius 1 is 1.32 bits per heavy atom. The van der Waals surface area contributed by atoms with Gasteiger partial charge in [-0.3, -0.25) is 0 Å². The van der Waals surface area contributed by atoms with Crippen molar-refractivity contribution >= 4 is 17.6 Å². The lowest BCUT2D eigenvalue weighted by atomic mass is 10.0. The Morgan fingerprint density at radius 3 is 2.68 bits per heavy atom. The van der Waals surface area contributed by atoms with Gasteiger partial charge < -0.3 is 14.5 Å². The van der Waals surface area contributed by atoms with Gasteiger partial charge in [-0.25, -0.2) is 4.79 Å². The van der Waals surface area contributed by atoms with Crippen LogP contribution >= 0.6 is 11.6 Å². The van der Waals surface area contributed by atoms with Crippen molar-refractivity contribution in [2.75, 3.05) is 14.2 Å². The second-order valence-electron chi connectivity index (χ2n) is 3.94. The predicted molar refractivity (Wildman–Crippen MR) is 72.4 cm³/mol. The summed E-state index contributed by atoms with van der Waals surface area (Å²) in [6, 6.07) is 10.6. The minimum absolute atomic E-state index is 0.171. The quantitative estimate of drug-likeness (QED) is 0.874. The number of benzene rings is 1. The van der Waals surface area contributed by atoms with E-state index in [1.807, 2.05) is 24.3 Å². The van der Waals surface area contributed by atoms with Gasteiger partial charge in [-0.1, -0.05) is 29.8 Å². The molecule has 0 saturated carbocycles. The van der Waals surface area contributed by atoms with Crippen LogP contribution in [0.3, 0.4) is 0 Å². The van der Waals surface area contributed by atoms with Crippen LogP contribution in [0.2, 0.25) is 5.02 Å². The third-order valence-electron chi connectivity index (χ3n) is 2.80. The van der Waals surface area contributed by atoms with E-state index in [9.17, 15) is 4.79 Å². The summed E-state index contributed by atoms with van der Waals surface area (Å²) in [6.45, 7) is 0. The summed E-state index contributed by atoms with van der Waals surface area (Å²) >= 11 is 6.17. The molecule has 5 heteroatoms. The second kappa shape index (κ2) is 5.91. The summed E-state index contributed by atoms with van der Waals surface area (Å²) in [5.74, 6) is 0.279. The Morgan fingerprint density at radius 2 is 2.05 bits per heavy atom. The zero-order valence-corrected chi connectivity index (χ0v) is 11.4. The highest BCUT2D eigenvalue weighted by atomic mass is 35.5. The van der Waals surface area contributed by atoms with Crippen LogP contribution in [0.1, 0.15) is 27.9 Å². The van der Waals surface area contributed by atoms with Gasteiger partial charge in [0.25, 0.3) is 0 Å². The minimum Gasteiger partial charge on any atom is -0.463 e. The molecule has 1 unspecified atom stereocenters. The number of esters is 1. The first-order chi connectivity index (χ1) is 9.17. The van der Waals surface area contributed by atoms with E-state index in [1.165, 1.54) is 7.11 Å². The van der Waals surface area contributed by atoms with Crippen LogP contribution in [0.5, 0.6) is 0 Å². The average molecular weight is 280 g/mol. The maximum atomic E-state index is 11.4. The van der Waals surface area contributed by atoms with E-state index >= 15 is 0 Å². The van der Waals surface area contributed by atoms with Crippen molar-refractivity contribution in [3.63, 3.8) is 0 Å². The summed E-state index contributed by atoms with van der Waals surface area (Å²) in [4.78, 5) is 11.4. The van der Waals surface area contributed by atoms with Gasteiger partial charge in [0.05, 0.1) is 13.2 Å². The van der Waals surface area contributed by atoms with Crippen molar-refractivity contribution in [2.45, 2.75) is 6.04 Å². The lowest BCUT2D eigenvalue weighted by molar-refractivity contribution is 0.0562. The number of furan rings is 1. The van der Waals surface area contributed by atoms with Gasteiger partial charge in [0, 0.05) is 5.02 Å². The third kappa shape index (κ3) is 2.80. The van der Waals surface area contributed by atoms with E-state index < -0.39 is 5.97 Å². The number of nitrogens with one attached hydrogen (secondary N) is 1. The van der Waals surface area contributed by atoms with E-state index in [0.29, 0.717) is 10.8 Å². The van der Waals surface area contributed by atoms with Gasteiger partial charge in [0.15, 0.2) is 0 Å². The van der Waals surface area contributed by atoms with Crippen molar-refractivity contribution in [1.29, 1.82) is 0 Å². The van der Waals surface area contributed by atoms with Gasteiger partial charge in [0.2, 0.25) is 5.76 Å². The van der Waals surface area contributed by atoms with Gasteiger partial charge in [-0.15, -0.1) is 0 Å². The molecular formula is C14H14ClNO3. The molecule has 1 atom stereocenters. The molecule has 100 valence electrons. The molecule has 0 bridgehead atoms. The highest BCUT2D eigenvalue weighted by molar-refractivity contribution is 6.31. The van der Waals surface area contributed by atoms with E-state index in [1.54, 1.807) is 19.2 Å². The summed E-state index contributed by atoms with van der Waals surface area (Å²) in [6.07, 6.45) is 0. The van der Waals surface area contributed by atoms with Crippen LogP contribution in [0.4, 0.5) is 0 Å². The molecule has 1 aromatic carbocycles. The summed E-state index contributed by atoms with van der Waals surface area (Å²) in [7, 11) is 3.11. The molecule has 0 aliphatic heterocycles. The second-order valence-corrected chi connectivity index (χ2v) is 4.34. The maximum absolute atomic E-state index is 11.4. The van der Waals surface area contributed by atoms with Gasteiger partial charge in [0.1, 0.15) is 5.76 Å². The normalized spacial score (nSPS) is 12.2. The number of halogens is 1. The first-order valence-electron chi connectivity index (χ1n) is 5.77. The molecular weight excluding hydrogens is 266 g/mol. The number of hydrogen-bond donors (Lipinski definition) is 1. The lowest BCUT2D eigenvalue weighted by Crippen LogP contribution is -2.17. The standard InChI is InChI=1S/C14H14ClNO3/c1-16-13(9-5-3-4-6-10(9)15)11-7-8-12(19-11)14(17)18-2/h3-8,13,16H,1-2H3. The van der Waals surface area contributed by atoms with Crippen LogP contribution in [0, 0.1) is 0 Å². The monoisotopic (exact) mass is 279 g/mol. The molecule has 0 aliphatic carbocycles. The smallest absolute Gasteiger partial charge is 0.373 e. The Kier molecular flexibility index (Phi) is 4.24. The lowest BCUT2D eigenvalue weighted by Gasteiger charge is -2.15. The molecule has 19 heavy (non-hydrogen) atoms. The van der Waals surface area contributed by atoms with Crippen LogP contribution in [-0.4, -0.2) is 20.1 Å². The molecule has 0 aliphatic rings. The van der Waals surface area contributed by atoms with Crippen molar-refractivity contribution in [2.24, 2.45) is 0 Å². The third-order valence-corrected chi connectivity index (χ3v) is 3.15. The summed E-state index contributed by atoms with van der Waals surface area (Å²) in [5, 5.41) is 3.75. The molecule has 2 aromatic rings. The molecule has 0 radical (unpaired) electrons. The average Bonchev–Trinajstić information content (AvgIpc) is 2.90. The number of hydrogen-bond acceptors (Lipinski definition) is 4. The van der Waals surface area contributed by atoms with E-state index in [0.717, 1.165) is 5.56 Å². The highest BCUT2D eigenvalue weighted by Crippen LogP contribution is 2.29. The molecule has 0 fully saturated rings.